The molecule has 0 unspecified atom stereocenters. The maximum Gasteiger partial charge on any atom is 0.261 e. The third-order valence-electron chi connectivity index (χ3n) is 6.69. The van der Waals surface area contributed by atoms with E-state index in [-0.39, 0.29) is 5.91 Å². The molecule has 39 heavy (non-hydrogen) atoms. The Bertz CT molecular complexity index is 1200. The predicted molar refractivity (Wildman–Crippen MR) is 157 cm³/mol. The number of amides is 1. The van der Waals surface area contributed by atoms with E-state index in [0.29, 0.717) is 12.3 Å². The zero-order chi connectivity index (χ0) is 27.9. The van der Waals surface area contributed by atoms with Crippen LogP contribution in [0.2, 0.25) is 0 Å². The number of likely N-dealkylation sites (tertiary alicyclic amines) is 1. The van der Waals surface area contributed by atoms with Crippen LogP contribution < -0.4 is 5.32 Å². The summed E-state index contributed by atoms with van der Waals surface area (Å²) in [7, 11) is -3.67. The molecule has 1 aliphatic heterocycles. The van der Waals surface area contributed by atoms with Crippen LogP contribution in [0.5, 0.6) is 0 Å². The van der Waals surface area contributed by atoms with Crippen molar-refractivity contribution in [1.29, 1.82) is 0 Å². The highest BCUT2D eigenvalue weighted by atomic mass is 32.2. The molecule has 1 aliphatic rings. The van der Waals surface area contributed by atoms with Crippen molar-refractivity contribution in [2.45, 2.75) is 38.1 Å². The van der Waals surface area contributed by atoms with Crippen molar-refractivity contribution in [3.05, 3.63) is 108 Å². The molecule has 8 heteroatoms. The Balaban J connectivity index is 0.000000771. The van der Waals surface area contributed by atoms with Crippen LogP contribution in [0, 0.1) is 5.92 Å². The van der Waals surface area contributed by atoms with Crippen LogP contribution in [-0.2, 0) is 14.9 Å². The molecule has 7 nitrogen and oxygen atoms in total. The maximum absolute atomic E-state index is 12.0. The molecule has 2 N–H and O–H groups in total. The van der Waals surface area contributed by atoms with E-state index in [1.807, 2.05) is 12.1 Å². The fraction of sp³-hybridized carbons (Fsp3) is 0.355. The Morgan fingerprint density at radius 1 is 1.00 bits per heavy atom. The van der Waals surface area contributed by atoms with E-state index in [1.54, 1.807) is 24.5 Å². The predicted octanol–water partition coefficient (Wildman–Crippen LogP) is 5.39. The first-order valence-electron chi connectivity index (χ1n) is 13.4. The van der Waals surface area contributed by atoms with E-state index < -0.39 is 10.1 Å². The molecular weight excluding hydrogens is 510 g/mol. The molecule has 2 aromatic carbocycles. The number of benzene rings is 2. The number of hydrogen-bond donors (Lipinski definition) is 2. The molecule has 1 saturated heterocycles. The van der Waals surface area contributed by atoms with Crippen LogP contribution in [0.25, 0.3) is 6.08 Å². The summed E-state index contributed by atoms with van der Waals surface area (Å²) in [5.74, 6) is 0.745. The molecule has 0 aliphatic carbocycles. The molecule has 4 rings (SSSR count). The Morgan fingerprint density at radius 2 is 1.59 bits per heavy atom. The number of hydrogen-bond acceptors (Lipinski definition) is 5. The van der Waals surface area contributed by atoms with Gasteiger partial charge in [-0.15, -0.1) is 0 Å². The Kier molecular flexibility index (Phi) is 12.3. The third-order valence-corrected chi connectivity index (χ3v) is 6.69. The van der Waals surface area contributed by atoms with Gasteiger partial charge >= 0.3 is 0 Å². The number of aromatic nitrogens is 1. The summed E-state index contributed by atoms with van der Waals surface area (Å²) in [6, 6.07) is 25.9. The summed E-state index contributed by atoms with van der Waals surface area (Å²) >= 11 is 0. The van der Waals surface area contributed by atoms with Crippen molar-refractivity contribution in [2.75, 3.05) is 25.9 Å². The molecule has 0 saturated carbocycles. The maximum atomic E-state index is 12.0. The van der Waals surface area contributed by atoms with Crippen LogP contribution in [0.15, 0.2) is 91.3 Å². The van der Waals surface area contributed by atoms with Crippen molar-refractivity contribution in [3.63, 3.8) is 0 Å². The standard InChI is InChI=1S/C30H35N3O.CH4O3S/c34-29(17-16-26-11-9-20-31-24-26)32-21-8-7-10-25-18-22-33(23-19-25)30(27-12-3-1-4-13-27)28-14-5-2-6-15-28;1-5(2,3)4/h1-6,9,11-17,20,24-25,30H,7-8,10,18-19,21-23H2,(H,32,34);1H3,(H,2,3,4)/b17-16-;. The summed E-state index contributed by atoms with van der Waals surface area (Å²) in [4.78, 5) is 18.7. The van der Waals surface area contributed by atoms with E-state index in [1.165, 1.54) is 30.4 Å². The van der Waals surface area contributed by atoms with Gasteiger partial charge in [-0.2, -0.15) is 8.42 Å². The SMILES string of the molecule is CS(=O)(=O)O.O=C(/C=C\c1cccnc1)NCCCCC1CCN(C(c2ccccc2)c2ccccc2)CC1. The largest absolute Gasteiger partial charge is 0.353 e. The monoisotopic (exact) mass is 549 g/mol. The van der Waals surface area contributed by atoms with Gasteiger partial charge in [-0.3, -0.25) is 19.2 Å². The average Bonchev–Trinajstić information content (AvgIpc) is 2.94. The van der Waals surface area contributed by atoms with Gasteiger partial charge in [-0.05, 0) is 67.1 Å². The molecule has 1 fully saturated rings. The Morgan fingerprint density at radius 3 is 2.13 bits per heavy atom. The van der Waals surface area contributed by atoms with Crippen LogP contribution in [0.1, 0.15) is 54.8 Å². The first-order chi connectivity index (χ1) is 18.8. The topological polar surface area (TPSA) is 99.6 Å². The van der Waals surface area contributed by atoms with Gasteiger partial charge in [0.1, 0.15) is 0 Å². The number of unbranched alkanes of at least 4 members (excludes halogenated alkanes) is 1. The van der Waals surface area contributed by atoms with Crippen LogP contribution in [0.3, 0.4) is 0 Å². The van der Waals surface area contributed by atoms with Crippen LogP contribution >= 0.6 is 0 Å². The molecular formula is C31H39N3O4S. The number of carbonyl (C=O) groups is 1. The zero-order valence-corrected chi connectivity index (χ0v) is 23.3. The Hall–Kier alpha value is -3.33. The van der Waals surface area contributed by atoms with E-state index in [2.05, 4.69) is 75.9 Å². The molecule has 0 atom stereocenters. The lowest BCUT2D eigenvalue weighted by molar-refractivity contribution is -0.116. The van der Waals surface area contributed by atoms with E-state index in [9.17, 15) is 13.2 Å². The highest BCUT2D eigenvalue weighted by Crippen LogP contribution is 2.33. The van der Waals surface area contributed by atoms with Crippen molar-refractivity contribution in [1.82, 2.24) is 15.2 Å². The van der Waals surface area contributed by atoms with Crippen molar-refractivity contribution >= 4 is 22.1 Å². The highest BCUT2D eigenvalue weighted by molar-refractivity contribution is 7.85. The van der Waals surface area contributed by atoms with Crippen molar-refractivity contribution < 1.29 is 17.8 Å². The van der Waals surface area contributed by atoms with Gasteiger partial charge in [0.05, 0.1) is 12.3 Å². The Labute approximate surface area is 232 Å². The molecule has 2 heterocycles. The third kappa shape index (κ3) is 11.9. The second-order valence-corrected chi connectivity index (χ2v) is 11.3. The molecule has 208 valence electrons. The minimum Gasteiger partial charge on any atom is -0.353 e. The average molecular weight is 550 g/mol. The highest BCUT2D eigenvalue weighted by Gasteiger charge is 2.27. The smallest absolute Gasteiger partial charge is 0.261 e. The molecule has 1 amide bonds. The molecule has 0 bridgehead atoms. The van der Waals surface area contributed by atoms with Gasteiger partial charge in [0, 0.05) is 25.0 Å². The summed E-state index contributed by atoms with van der Waals surface area (Å²) < 4.78 is 25.9. The minimum absolute atomic E-state index is 0.0370. The van der Waals surface area contributed by atoms with E-state index in [0.717, 1.165) is 44.0 Å². The van der Waals surface area contributed by atoms with Gasteiger partial charge in [-0.1, -0.05) is 79.6 Å². The van der Waals surface area contributed by atoms with Gasteiger partial charge in [-0.25, -0.2) is 0 Å². The number of carbonyl (C=O) groups excluding carboxylic acids is 1. The van der Waals surface area contributed by atoms with Gasteiger partial charge in [0.15, 0.2) is 0 Å². The lowest BCUT2D eigenvalue weighted by Gasteiger charge is -2.38. The first-order valence-corrected chi connectivity index (χ1v) is 15.3. The summed E-state index contributed by atoms with van der Waals surface area (Å²) in [5.41, 5.74) is 3.69. The second-order valence-electron chi connectivity index (χ2n) is 9.84. The second kappa shape index (κ2) is 15.9. The summed E-state index contributed by atoms with van der Waals surface area (Å²) in [5, 5.41) is 2.99. The summed E-state index contributed by atoms with van der Waals surface area (Å²) in [6.45, 7) is 3.00. The fourth-order valence-electron chi connectivity index (χ4n) is 4.86. The fourth-order valence-corrected chi connectivity index (χ4v) is 4.86. The lowest BCUT2D eigenvalue weighted by atomic mass is 9.88. The molecule has 1 aromatic heterocycles. The van der Waals surface area contributed by atoms with Crippen LogP contribution in [-0.4, -0.2) is 54.7 Å². The van der Waals surface area contributed by atoms with E-state index >= 15 is 0 Å². The number of pyridine rings is 1. The number of rotatable bonds is 10. The van der Waals surface area contributed by atoms with Crippen molar-refractivity contribution in [2.24, 2.45) is 5.92 Å². The quantitative estimate of drug-likeness (QED) is 0.200. The van der Waals surface area contributed by atoms with Gasteiger partial charge < -0.3 is 5.32 Å². The molecule has 3 aromatic rings. The first kappa shape index (κ1) is 30.2. The lowest BCUT2D eigenvalue weighted by Crippen LogP contribution is -2.37. The zero-order valence-electron chi connectivity index (χ0n) is 22.5. The van der Waals surface area contributed by atoms with Crippen LogP contribution in [0.4, 0.5) is 0 Å². The normalized spacial score (nSPS) is 14.6. The minimum atomic E-state index is -3.67. The molecule has 0 spiro atoms. The van der Waals surface area contributed by atoms with Gasteiger partial charge in [0.2, 0.25) is 5.91 Å². The van der Waals surface area contributed by atoms with E-state index in [4.69, 9.17) is 4.55 Å². The molecule has 0 radical (unpaired) electrons. The number of nitrogens with one attached hydrogen (secondary N) is 1. The number of piperidine rings is 1. The van der Waals surface area contributed by atoms with Crippen molar-refractivity contribution in [3.8, 4) is 0 Å². The number of nitrogens with zero attached hydrogens (tertiary/aromatic N) is 2. The van der Waals surface area contributed by atoms with Gasteiger partial charge in [0.25, 0.3) is 10.1 Å². The summed E-state index contributed by atoms with van der Waals surface area (Å²) in [6.07, 6.45) is 13.5.